The van der Waals surface area contributed by atoms with E-state index in [0.29, 0.717) is 0 Å². The van der Waals surface area contributed by atoms with Crippen molar-refractivity contribution in [3.8, 4) is 28.7 Å². The number of benzene rings is 2. The highest BCUT2D eigenvalue weighted by Crippen LogP contribution is 2.44. The van der Waals surface area contributed by atoms with Gasteiger partial charge in [-0.25, -0.2) is 0 Å². The van der Waals surface area contributed by atoms with Crippen LogP contribution in [0.4, 0.5) is 0 Å². The summed E-state index contributed by atoms with van der Waals surface area (Å²) in [5.41, 5.74) is -0.166. The smallest absolute Gasteiger partial charge is 0.237 e. The van der Waals surface area contributed by atoms with Gasteiger partial charge in [-0.15, -0.1) is 0 Å². The quantitative estimate of drug-likeness (QED) is 0.267. The summed E-state index contributed by atoms with van der Waals surface area (Å²) in [5, 5.41) is 80.4. The number of aromatic hydroxyl groups is 3. The molecule has 8 N–H and O–H groups in total. The zero-order chi connectivity index (χ0) is 24.9. The molecule has 12 nitrogen and oxygen atoms in total. The molecule has 34 heavy (non-hydrogen) atoms. The highest BCUT2D eigenvalue weighted by molar-refractivity contribution is 6.05. The molecule has 12 heteroatoms. The summed E-state index contributed by atoms with van der Waals surface area (Å²) in [6.45, 7) is 0.526. The van der Waals surface area contributed by atoms with Gasteiger partial charge in [0, 0.05) is 19.1 Å². The van der Waals surface area contributed by atoms with Crippen LogP contribution in [0.2, 0.25) is 0 Å². The molecule has 2 aliphatic rings. The molecule has 0 aromatic heterocycles. The lowest BCUT2D eigenvalue weighted by Crippen LogP contribution is -2.66. The molecule has 0 spiro atoms. The Hall–Kier alpha value is -3.13. The van der Waals surface area contributed by atoms with Crippen molar-refractivity contribution in [3.05, 3.63) is 41.5 Å². The van der Waals surface area contributed by atoms with E-state index in [2.05, 4.69) is 0 Å². The van der Waals surface area contributed by atoms with Crippen molar-refractivity contribution in [1.29, 1.82) is 0 Å². The number of carbonyl (C=O) groups excluding carboxylic acids is 1. The van der Waals surface area contributed by atoms with Gasteiger partial charge < -0.3 is 55.1 Å². The number of phenols is 3. The Morgan fingerprint density at radius 3 is 2.38 bits per heavy atom. The Balaban J connectivity index is 1.67. The summed E-state index contributed by atoms with van der Waals surface area (Å²) in [4.78, 5) is 12.7. The zero-order valence-electron chi connectivity index (χ0n) is 17.8. The van der Waals surface area contributed by atoms with Gasteiger partial charge in [-0.3, -0.25) is 4.79 Å². The average Bonchev–Trinajstić information content (AvgIpc) is 2.78. The number of carbonyl (C=O) groups is 1. The van der Waals surface area contributed by atoms with Crippen molar-refractivity contribution < 1.29 is 59.9 Å². The van der Waals surface area contributed by atoms with Crippen LogP contribution in [0, 0.1) is 0 Å². The van der Waals surface area contributed by atoms with Crippen molar-refractivity contribution in [2.75, 3.05) is 6.61 Å². The molecule has 0 amide bonds. The van der Waals surface area contributed by atoms with Crippen molar-refractivity contribution in [2.45, 2.75) is 49.3 Å². The molecule has 0 bridgehead atoms. The van der Waals surface area contributed by atoms with Gasteiger partial charge in [-0.1, -0.05) is 6.07 Å². The van der Waals surface area contributed by atoms with Crippen LogP contribution >= 0.6 is 0 Å². The normalized spacial score (nSPS) is 33.2. The Bertz CT molecular complexity index is 1100. The minimum Gasteiger partial charge on any atom is -0.508 e. The Morgan fingerprint density at radius 1 is 1.00 bits per heavy atom. The molecular weight excluding hydrogens is 456 g/mol. The maximum atomic E-state index is 12.7. The molecule has 6 unspecified atom stereocenters. The largest absolute Gasteiger partial charge is 0.508 e. The number of aliphatic hydroxyl groups excluding tert-OH is 5. The second-order valence-electron chi connectivity index (χ2n) is 8.30. The van der Waals surface area contributed by atoms with E-state index in [4.69, 9.17) is 14.2 Å². The van der Waals surface area contributed by atoms with Gasteiger partial charge >= 0.3 is 0 Å². The van der Waals surface area contributed by atoms with Crippen LogP contribution < -0.4 is 9.47 Å². The van der Waals surface area contributed by atoms with E-state index in [1.807, 2.05) is 0 Å². The second-order valence-corrected chi connectivity index (χ2v) is 8.30. The SMILES string of the molecule is CC1(Oc2cc([C@H]3Oc4cc(O)cc(O)c4C(=O)C3O)ccc2O)OC(CO)C(O)C(O)C1O. The molecule has 2 aromatic carbocycles. The van der Waals surface area contributed by atoms with Crippen molar-refractivity contribution in [3.63, 3.8) is 0 Å². The third-order valence-electron chi connectivity index (χ3n) is 5.90. The van der Waals surface area contributed by atoms with Crippen LogP contribution in [0.25, 0.3) is 0 Å². The third-order valence-corrected chi connectivity index (χ3v) is 5.90. The molecule has 2 aliphatic heterocycles. The fourth-order valence-corrected chi connectivity index (χ4v) is 4.06. The Kier molecular flexibility index (Phi) is 6.06. The molecule has 0 saturated carbocycles. The average molecular weight is 480 g/mol. The summed E-state index contributed by atoms with van der Waals surface area (Å²) in [7, 11) is 0. The van der Waals surface area contributed by atoms with Crippen LogP contribution in [-0.2, 0) is 4.74 Å². The van der Waals surface area contributed by atoms with Gasteiger partial charge in [0.1, 0.15) is 47.2 Å². The predicted molar refractivity (Wildman–Crippen MR) is 111 cm³/mol. The van der Waals surface area contributed by atoms with E-state index < -0.39 is 66.3 Å². The minimum atomic E-state index is -2.02. The van der Waals surface area contributed by atoms with Crippen LogP contribution in [0.1, 0.15) is 28.9 Å². The van der Waals surface area contributed by atoms with Crippen molar-refractivity contribution >= 4 is 5.78 Å². The van der Waals surface area contributed by atoms with Gasteiger partial charge in [0.2, 0.25) is 11.6 Å². The number of hydrogen-bond donors (Lipinski definition) is 8. The van der Waals surface area contributed by atoms with E-state index in [1.165, 1.54) is 19.1 Å². The van der Waals surface area contributed by atoms with Crippen LogP contribution in [0.3, 0.4) is 0 Å². The lowest BCUT2D eigenvalue weighted by molar-refractivity contribution is -0.330. The molecule has 4 rings (SSSR count). The lowest BCUT2D eigenvalue weighted by Gasteiger charge is -2.46. The van der Waals surface area contributed by atoms with Crippen molar-refractivity contribution in [2.24, 2.45) is 0 Å². The summed E-state index contributed by atoms with van der Waals surface area (Å²) >= 11 is 0. The first-order chi connectivity index (χ1) is 16.0. The minimum absolute atomic E-state index is 0.135. The molecule has 7 atom stereocenters. The van der Waals surface area contributed by atoms with Gasteiger partial charge in [0.15, 0.2) is 23.7 Å². The fourth-order valence-electron chi connectivity index (χ4n) is 4.06. The number of phenolic OH excluding ortho intramolecular Hbond substituents is 3. The molecule has 2 heterocycles. The van der Waals surface area contributed by atoms with Crippen molar-refractivity contribution in [1.82, 2.24) is 0 Å². The molecule has 0 radical (unpaired) electrons. The maximum absolute atomic E-state index is 12.7. The van der Waals surface area contributed by atoms with E-state index in [9.17, 15) is 45.6 Å². The lowest BCUT2D eigenvalue weighted by atomic mass is 9.92. The summed E-state index contributed by atoms with van der Waals surface area (Å²) in [6, 6.07) is 5.71. The molecule has 1 saturated heterocycles. The first kappa shape index (κ1) is 24.0. The van der Waals surface area contributed by atoms with Gasteiger partial charge in [-0.2, -0.15) is 0 Å². The second kappa shape index (κ2) is 8.58. The highest BCUT2D eigenvalue weighted by Gasteiger charge is 2.53. The van der Waals surface area contributed by atoms with Crippen LogP contribution in [-0.4, -0.2) is 89.5 Å². The maximum Gasteiger partial charge on any atom is 0.237 e. The van der Waals surface area contributed by atoms with Gasteiger partial charge in [0.25, 0.3) is 0 Å². The molecule has 184 valence electrons. The van der Waals surface area contributed by atoms with Gasteiger partial charge in [-0.05, 0) is 17.7 Å². The predicted octanol–water partition coefficient (Wildman–Crippen LogP) is -0.950. The fraction of sp³-hybridized carbons (Fsp3) is 0.409. The monoisotopic (exact) mass is 480 g/mol. The van der Waals surface area contributed by atoms with Gasteiger partial charge in [0.05, 0.1) is 6.61 Å². The molecular formula is C22H24O12. The van der Waals surface area contributed by atoms with Crippen LogP contribution in [0.15, 0.2) is 30.3 Å². The first-order valence-corrected chi connectivity index (χ1v) is 10.3. The standard InChI is InChI=1S/C22H24O12/c1-22(21(31)19(30)16(27)14(7-23)34-22)33-12-4-8(2-3-10(12)25)20-18(29)17(28)15-11(26)5-9(24)6-13(15)32-20/h2-6,14,16,18-21,23-27,29-31H,7H2,1H3/t14?,16?,18?,19?,20-,21?,22?/m1/s1. The summed E-state index contributed by atoms with van der Waals surface area (Å²) in [6.07, 6.45) is -9.51. The number of aliphatic hydroxyl groups is 5. The number of ether oxygens (including phenoxy) is 3. The first-order valence-electron chi connectivity index (χ1n) is 10.3. The number of rotatable bonds is 4. The molecule has 0 aliphatic carbocycles. The van der Waals surface area contributed by atoms with E-state index in [1.54, 1.807) is 0 Å². The third kappa shape index (κ3) is 3.90. The number of ketones is 1. The Labute approximate surface area is 192 Å². The topological polar surface area (TPSA) is 207 Å². The number of fused-ring (bicyclic) bond motifs is 1. The number of Topliss-reactive ketones (excluding diaryl/α,β-unsaturated/α-hetero) is 1. The van der Waals surface area contributed by atoms with Crippen LogP contribution in [0.5, 0.6) is 28.7 Å². The molecule has 1 fully saturated rings. The van der Waals surface area contributed by atoms with E-state index in [0.717, 1.165) is 18.2 Å². The summed E-state index contributed by atoms with van der Waals surface area (Å²) < 4.78 is 16.7. The highest BCUT2D eigenvalue weighted by atomic mass is 16.7. The van der Waals surface area contributed by atoms with E-state index >= 15 is 0 Å². The van der Waals surface area contributed by atoms with E-state index in [-0.39, 0.29) is 28.4 Å². The number of hydrogen-bond acceptors (Lipinski definition) is 12. The molecule has 2 aromatic rings. The zero-order valence-corrected chi connectivity index (χ0v) is 17.8. The Morgan fingerprint density at radius 2 is 1.71 bits per heavy atom. The summed E-state index contributed by atoms with van der Waals surface area (Å²) in [5.74, 6) is -4.73.